The van der Waals surface area contributed by atoms with E-state index in [1.54, 1.807) is 0 Å². The van der Waals surface area contributed by atoms with Gasteiger partial charge >= 0.3 is 47.8 Å². The Labute approximate surface area is 275 Å². The van der Waals surface area contributed by atoms with E-state index in [1.165, 1.54) is 0 Å². The zero-order chi connectivity index (χ0) is 36.5. The fraction of sp³-hybridized carbons (Fsp3) is 0. The van der Waals surface area contributed by atoms with Crippen molar-refractivity contribution in [3.05, 3.63) is 105 Å². The van der Waals surface area contributed by atoms with Crippen LogP contribution >= 0.6 is 11.8 Å². The van der Waals surface area contributed by atoms with Crippen LogP contribution in [0, 0.1) is 0 Å². The van der Waals surface area contributed by atoms with Crippen molar-refractivity contribution >= 4 is 59.5 Å². The van der Waals surface area contributed by atoms with E-state index in [9.17, 15) is 79.2 Å². The van der Waals surface area contributed by atoms with Crippen molar-refractivity contribution in [2.45, 2.75) is 9.79 Å². The minimum atomic E-state index is -1.90. The Morgan fingerprint density at radius 3 is 0.898 bits per heavy atom. The van der Waals surface area contributed by atoms with E-state index < -0.39 is 115 Å². The highest BCUT2D eigenvalue weighted by atomic mass is 32.2. The molecule has 0 saturated carbocycles. The molecule has 248 valence electrons. The molecule has 0 aliphatic heterocycles. The predicted octanol–water partition coefficient (Wildman–Crippen LogP) is 4.76. The molecule has 0 bridgehead atoms. The molecule has 0 radical (unpaired) electrons. The largest absolute Gasteiger partial charge is 0.478 e. The van der Waals surface area contributed by atoms with E-state index >= 15 is 0 Å². The van der Waals surface area contributed by atoms with Crippen LogP contribution in [0.1, 0.15) is 82.9 Å². The van der Waals surface area contributed by atoms with Gasteiger partial charge in [0, 0.05) is 20.9 Å². The Hall–Kier alpha value is -7.01. The van der Waals surface area contributed by atoms with Crippen molar-refractivity contribution in [2.75, 3.05) is 0 Å². The van der Waals surface area contributed by atoms with E-state index in [-0.39, 0.29) is 9.79 Å². The van der Waals surface area contributed by atoms with E-state index in [4.69, 9.17) is 0 Å². The summed E-state index contributed by atoms with van der Waals surface area (Å²) in [6.45, 7) is 0. The first-order chi connectivity index (χ1) is 23.0. The van der Waals surface area contributed by atoms with Crippen LogP contribution in [0.3, 0.4) is 0 Å². The van der Waals surface area contributed by atoms with E-state index in [0.717, 1.165) is 60.7 Å². The summed E-state index contributed by atoms with van der Waals surface area (Å²) < 4.78 is 0. The van der Waals surface area contributed by atoms with Crippen LogP contribution in [-0.2, 0) is 0 Å². The van der Waals surface area contributed by atoms with E-state index in [2.05, 4.69) is 0 Å². The van der Waals surface area contributed by atoms with Crippen molar-refractivity contribution in [2.24, 2.45) is 0 Å². The summed E-state index contributed by atoms with van der Waals surface area (Å²) in [5, 5.41) is 79.4. The monoisotopic (exact) mass is 690 g/mol. The molecule has 0 heterocycles. The number of hydrogen-bond acceptors (Lipinski definition) is 9. The van der Waals surface area contributed by atoms with Crippen LogP contribution in [0.15, 0.2) is 70.5 Å². The van der Waals surface area contributed by atoms with Gasteiger partial charge in [-0.25, -0.2) is 38.4 Å². The lowest BCUT2D eigenvalue weighted by Crippen LogP contribution is -2.15. The standard InChI is InChI=1S/C32H18O16S/c33-25(34)13-5-1-3-11(19(13)29(41)42)21-17(9-7-15(27(37)38)23(21)31(45)46)49-18-10-8-16(28(39)40)24(32(47)48)22(18)12-4-2-6-14(26(35)36)20(12)30(43)44/h1-10H,(H,33,34)(H,35,36)(H,37,38)(H,39,40)(H,41,42)(H,43,44)(H,45,46)(H,47,48). The maximum Gasteiger partial charge on any atom is 0.337 e. The Balaban J connectivity index is 2.24. The molecule has 0 unspecified atom stereocenters. The average molecular weight is 691 g/mol. The number of benzene rings is 4. The fourth-order valence-corrected chi connectivity index (χ4v) is 6.27. The highest BCUT2D eigenvalue weighted by molar-refractivity contribution is 7.99. The topological polar surface area (TPSA) is 298 Å². The third kappa shape index (κ3) is 6.36. The van der Waals surface area contributed by atoms with Gasteiger partial charge in [0.1, 0.15) is 0 Å². The first-order valence-electron chi connectivity index (χ1n) is 13.1. The summed E-state index contributed by atoms with van der Waals surface area (Å²) in [4.78, 5) is 97.4. The Morgan fingerprint density at radius 2 is 0.633 bits per heavy atom. The number of hydrogen-bond donors (Lipinski definition) is 8. The number of rotatable bonds is 12. The molecule has 16 nitrogen and oxygen atoms in total. The minimum absolute atomic E-state index is 0.334. The van der Waals surface area contributed by atoms with Crippen molar-refractivity contribution in [3.63, 3.8) is 0 Å². The maximum atomic E-state index is 12.6. The van der Waals surface area contributed by atoms with Crippen LogP contribution < -0.4 is 0 Å². The van der Waals surface area contributed by atoms with Gasteiger partial charge in [0.25, 0.3) is 0 Å². The molecule has 0 fully saturated rings. The lowest BCUT2D eigenvalue weighted by atomic mass is 9.89. The lowest BCUT2D eigenvalue weighted by Gasteiger charge is -2.20. The molecule has 0 aliphatic carbocycles. The molecule has 8 N–H and O–H groups in total. The van der Waals surface area contributed by atoms with Crippen LogP contribution in [0.2, 0.25) is 0 Å². The van der Waals surface area contributed by atoms with Crippen LogP contribution in [-0.4, -0.2) is 88.6 Å². The summed E-state index contributed by atoms with van der Waals surface area (Å²) in [5.74, 6) is -14.5. The van der Waals surface area contributed by atoms with Gasteiger partial charge in [-0.15, -0.1) is 0 Å². The molecule has 0 spiro atoms. The van der Waals surface area contributed by atoms with Gasteiger partial charge < -0.3 is 40.9 Å². The molecule has 4 rings (SSSR count). The Morgan fingerprint density at radius 1 is 0.347 bits per heavy atom. The molecule has 4 aromatic rings. The second kappa shape index (κ2) is 13.4. The molecule has 0 atom stereocenters. The van der Waals surface area contributed by atoms with Gasteiger partial charge in [0.15, 0.2) is 0 Å². The minimum Gasteiger partial charge on any atom is -0.478 e. The third-order valence-electron chi connectivity index (χ3n) is 7.00. The molecule has 0 aliphatic rings. The predicted molar refractivity (Wildman–Crippen MR) is 164 cm³/mol. The first kappa shape index (κ1) is 34.9. The molecule has 49 heavy (non-hydrogen) atoms. The van der Waals surface area contributed by atoms with Crippen LogP contribution in [0.25, 0.3) is 22.3 Å². The molecular weight excluding hydrogens is 672 g/mol. The maximum absolute atomic E-state index is 12.6. The van der Waals surface area contributed by atoms with Gasteiger partial charge in [-0.1, -0.05) is 36.0 Å². The summed E-state index contributed by atoms with van der Waals surface area (Å²) >= 11 is 0.411. The van der Waals surface area contributed by atoms with Crippen molar-refractivity contribution < 1.29 is 79.2 Å². The number of carboxylic acid groups (broad SMARTS) is 8. The molecule has 4 aromatic carbocycles. The van der Waals surface area contributed by atoms with E-state index in [0.29, 0.717) is 11.8 Å². The summed E-state index contributed by atoms with van der Waals surface area (Å²) in [5.41, 5.74) is -9.74. The number of carboxylic acids is 8. The normalized spacial score (nSPS) is 10.6. The van der Waals surface area contributed by atoms with Gasteiger partial charge in [-0.05, 0) is 47.5 Å². The van der Waals surface area contributed by atoms with E-state index in [1.807, 2.05) is 0 Å². The molecule has 17 heteroatoms. The molecule has 0 saturated heterocycles. The highest BCUT2D eigenvalue weighted by Gasteiger charge is 2.33. The lowest BCUT2D eigenvalue weighted by molar-refractivity contribution is 0.0650. The van der Waals surface area contributed by atoms with Crippen molar-refractivity contribution in [3.8, 4) is 22.3 Å². The van der Waals surface area contributed by atoms with Crippen molar-refractivity contribution in [1.82, 2.24) is 0 Å². The fourth-order valence-electron chi connectivity index (χ4n) is 5.13. The van der Waals surface area contributed by atoms with Gasteiger partial charge in [0.05, 0.1) is 44.5 Å². The zero-order valence-corrected chi connectivity index (χ0v) is 24.8. The summed E-state index contributed by atoms with van der Waals surface area (Å²) in [6, 6.07) is 9.55. The smallest absolute Gasteiger partial charge is 0.337 e. The second-order valence-corrected chi connectivity index (χ2v) is 10.8. The third-order valence-corrected chi connectivity index (χ3v) is 8.12. The molecule has 0 aromatic heterocycles. The quantitative estimate of drug-likeness (QED) is 0.0993. The zero-order valence-electron chi connectivity index (χ0n) is 24.0. The molecule has 0 amide bonds. The van der Waals surface area contributed by atoms with Gasteiger partial charge in [0.2, 0.25) is 0 Å². The van der Waals surface area contributed by atoms with Crippen LogP contribution in [0.5, 0.6) is 0 Å². The average Bonchev–Trinajstić information content (AvgIpc) is 3.02. The van der Waals surface area contributed by atoms with Crippen LogP contribution in [0.4, 0.5) is 0 Å². The summed E-state index contributed by atoms with van der Waals surface area (Å²) in [6.07, 6.45) is 0. The number of aromatic carboxylic acids is 8. The Bertz CT molecular complexity index is 2030. The summed E-state index contributed by atoms with van der Waals surface area (Å²) in [7, 11) is 0. The Kier molecular flexibility index (Phi) is 9.52. The van der Waals surface area contributed by atoms with Crippen molar-refractivity contribution in [1.29, 1.82) is 0 Å². The van der Waals surface area contributed by atoms with Gasteiger partial charge in [-0.3, -0.25) is 0 Å². The van der Waals surface area contributed by atoms with Gasteiger partial charge in [-0.2, -0.15) is 0 Å². The first-order valence-corrected chi connectivity index (χ1v) is 14.0. The molecular formula is C32H18O16S. The second-order valence-electron chi connectivity index (χ2n) is 9.72. The highest BCUT2D eigenvalue weighted by Crippen LogP contribution is 2.46. The number of carbonyl (C=O) groups is 8. The SMILES string of the molecule is O=C(O)c1cccc(-c2c(Sc3ccc(C(=O)O)c(C(=O)O)c3-c3cccc(C(=O)O)c3C(=O)O)ccc(C(=O)O)c2C(=O)O)c1C(=O)O.